The fourth-order valence-corrected chi connectivity index (χ4v) is 2.66. The molecule has 0 radical (unpaired) electrons. The number of carbonyl (C=O) groups excluding carboxylic acids is 1. The van der Waals surface area contributed by atoms with Crippen LogP contribution in [0.4, 0.5) is 4.79 Å². The van der Waals surface area contributed by atoms with Gasteiger partial charge in [-0.05, 0) is 17.0 Å². The zero-order chi connectivity index (χ0) is 17.6. The average molecular weight is 336 g/mol. The number of aliphatic hydroxyl groups is 1. The smallest absolute Gasteiger partial charge is 0.317 e. The minimum absolute atomic E-state index is 0.00689. The Morgan fingerprint density at radius 2 is 2.17 bits per heavy atom. The summed E-state index contributed by atoms with van der Waals surface area (Å²) in [5, 5.41) is 12.0. The number of carbonyl (C=O) groups is 1. The molecule has 0 saturated carbocycles. The molecule has 0 aromatic heterocycles. The highest BCUT2D eigenvalue weighted by Crippen LogP contribution is 2.30. The second kappa shape index (κ2) is 8.35. The number of hydrogen-bond donors (Lipinski definition) is 2. The highest BCUT2D eigenvalue weighted by atomic mass is 16.5. The first-order valence-corrected chi connectivity index (χ1v) is 8.39. The number of aliphatic hydroxyl groups excluding tert-OH is 1. The van der Waals surface area contributed by atoms with Gasteiger partial charge < -0.3 is 24.8 Å². The first-order valence-electron chi connectivity index (χ1n) is 8.39. The van der Waals surface area contributed by atoms with Crippen LogP contribution in [0.15, 0.2) is 24.3 Å². The lowest BCUT2D eigenvalue weighted by Gasteiger charge is -2.32. The van der Waals surface area contributed by atoms with Crippen molar-refractivity contribution in [3.05, 3.63) is 29.8 Å². The molecule has 6 nitrogen and oxygen atoms in total. The third-order valence-corrected chi connectivity index (χ3v) is 3.96. The number of hydrogen-bond acceptors (Lipinski definition) is 4. The molecule has 1 atom stereocenters. The number of urea groups is 1. The zero-order valence-corrected chi connectivity index (χ0v) is 14.7. The Labute approximate surface area is 143 Å². The van der Waals surface area contributed by atoms with Gasteiger partial charge in [0.25, 0.3) is 0 Å². The molecule has 1 aliphatic heterocycles. The molecule has 24 heavy (non-hydrogen) atoms. The van der Waals surface area contributed by atoms with E-state index in [1.54, 1.807) is 4.90 Å². The van der Waals surface area contributed by atoms with Crippen molar-refractivity contribution < 1.29 is 19.4 Å². The van der Waals surface area contributed by atoms with Gasteiger partial charge in [0.05, 0.1) is 32.4 Å². The molecule has 1 saturated heterocycles. The summed E-state index contributed by atoms with van der Waals surface area (Å²) in [4.78, 5) is 13.8. The molecule has 0 bridgehead atoms. The van der Waals surface area contributed by atoms with Crippen LogP contribution in [-0.2, 0) is 10.2 Å². The van der Waals surface area contributed by atoms with Gasteiger partial charge in [-0.2, -0.15) is 0 Å². The maximum atomic E-state index is 12.1. The van der Waals surface area contributed by atoms with E-state index in [1.165, 1.54) is 0 Å². The predicted octanol–water partition coefficient (Wildman–Crippen LogP) is 1.77. The number of rotatable bonds is 5. The molecule has 1 aliphatic rings. The van der Waals surface area contributed by atoms with Crippen LogP contribution in [0.2, 0.25) is 0 Å². The first kappa shape index (κ1) is 18.5. The largest absolute Gasteiger partial charge is 0.491 e. The van der Waals surface area contributed by atoms with E-state index < -0.39 is 0 Å². The standard InChI is InChI=1S/C18H28N2O4/c1-18(2,3)15-6-4-5-7-16(15)24-10-8-19-17(22)20-9-11-23-14(12-20)13-21/h4-7,14,21H,8-13H2,1-3H3,(H,19,22). The van der Waals surface area contributed by atoms with E-state index in [9.17, 15) is 4.79 Å². The molecular weight excluding hydrogens is 308 g/mol. The SMILES string of the molecule is CC(C)(C)c1ccccc1OCCNC(=O)N1CCOC(CO)C1. The molecule has 2 amide bonds. The van der Waals surface area contributed by atoms with Crippen molar-refractivity contribution in [3.8, 4) is 5.75 Å². The van der Waals surface area contributed by atoms with Crippen molar-refractivity contribution in [2.24, 2.45) is 0 Å². The molecule has 1 aromatic rings. The molecule has 0 spiro atoms. The second-order valence-electron chi connectivity index (χ2n) is 6.95. The molecule has 0 aliphatic carbocycles. The zero-order valence-electron chi connectivity index (χ0n) is 14.7. The summed E-state index contributed by atoms with van der Waals surface area (Å²) in [6.07, 6.45) is -0.292. The Kier molecular flexibility index (Phi) is 6.45. The van der Waals surface area contributed by atoms with Crippen LogP contribution in [-0.4, -0.2) is 61.6 Å². The van der Waals surface area contributed by atoms with Crippen LogP contribution in [0.3, 0.4) is 0 Å². The summed E-state index contributed by atoms with van der Waals surface area (Å²) in [5.74, 6) is 0.853. The van der Waals surface area contributed by atoms with Crippen LogP contribution in [0.5, 0.6) is 5.75 Å². The van der Waals surface area contributed by atoms with E-state index in [2.05, 4.69) is 32.2 Å². The Morgan fingerprint density at radius 1 is 1.42 bits per heavy atom. The Bertz CT molecular complexity index is 542. The predicted molar refractivity (Wildman–Crippen MR) is 92.4 cm³/mol. The normalized spacial score (nSPS) is 18.3. The highest BCUT2D eigenvalue weighted by molar-refractivity contribution is 5.74. The highest BCUT2D eigenvalue weighted by Gasteiger charge is 2.23. The van der Waals surface area contributed by atoms with Crippen molar-refractivity contribution in [2.45, 2.75) is 32.3 Å². The van der Waals surface area contributed by atoms with Crippen LogP contribution in [0.1, 0.15) is 26.3 Å². The van der Waals surface area contributed by atoms with E-state index in [1.807, 2.05) is 18.2 Å². The number of ether oxygens (including phenoxy) is 2. The lowest BCUT2D eigenvalue weighted by molar-refractivity contribution is -0.0403. The fourth-order valence-electron chi connectivity index (χ4n) is 2.66. The van der Waals surface area contributed by atoms with Gasteiger partial charge in [-0.3, -0.25) is 0 Å². The lowest BCUT2D eigenvalue weighted by atomic mass is 9.86. The van der Waals surface area contributed by atoms with E-state index in [-0.39, 0.29) is 24.2 Å². The third kappa shape index (κ3) is 5.11. The van der Waals surface area contributed by atoms with Gasteiger partial charge in [0, 0.05) is 6.54 Å². The summed E-state index contributed by atoms with van der Waals surface area (Å²) in [7, 11) is 0. The monoisotopic (exact) mass is 336 g/mol. The van der Waals surface area contributed by atoms with Crippen molar-refractivity contribution >= 4 is 6.03 Å². The van der Waals surface area contributed by atoms with Crippen molar-refractivity contribution in [2.75, 3.05) is 39.5 Å². The van der Waals surface area contributed by atoms with Gasteiger partial charge in [0.15, 0.2) is 0 Å². The summed E-state index contributed by atoms with van der Waals surface area (Å²) in [6, 6.07) is 7.83. The number of benzene rings is 1. The van der Waals surface area contributed by atoms with E-state index >= 15 is 0 Å². The van der Waals surface area contributed by atoms with Crippen LogP contribution >= 0.6 is 0 Å². The summed E-state index contributed by atoms with van der Waals surface area (Å²) >= 11 is 0. The molecule has 2 rings (SSSR count). The van der Waals surface area contributed by atoms with Gasteiger partial charge in [-0.15, -0.1) is 0 Å². The van der Waals surface area contributed by atoms with Crippen molar-refractivity contribution in [1.29, 1.82) is 0 Å². The maximum absolute atomic E-state index is 12.1. The minimum atomic E-state index is -0.292. The first-order chi connectivity index (χ1) is 11.4. The Balaban J connectivity index is 1.78. The number of morpholine rings is 1. The van der Waals surface area contributed by atoms with Gasteiger partial charge >= 0.3 is 6.03 Å². The Morgan fingerprint density at radius 3 is 2.88 bits per heavy atom. The molecule has 1 unspecified atom stereocenters. The number of nitrogens with one attached hydrogen (secondary N) is 1. The molecule has 1 fully saturated rings. The fraction of sp³-hybridized carbons (Fsp3) is 0.611. The third-order valence-electron chi connectivity index (χ3n) is 3.96. The molecule has 1 aromatic carbocycles. The molecule has 2 N–H and O–H groups in total. The molecule has 134 valence electrons. The molecule has 6 heteroatoms. The van der Waals surface area contributed by atoms with E-state index in [0.717, 1.165) is 11.3 Å². The topological polar surface area (TPSA) is 71.0 Å². The van der Waals surface area contributed by atoms with Gasteiger partial charge in [-0.1, -0.05) is 39.0 Å². The summed E-state index contributed by atoms with van der Waals surface area (Å²) < 4.78 is 11.2. The van der Waals surface area contributed by atoms with E-state index in [4.69, 9.17) is 14.6 Å². The summed E-state index contributed by atoms with van der Waals surface area (Å²) in [6.45, 7) is 8.61. The second-order valence-corrected chi connectivity index (χ2v) is 6.95. The van der Waals surface area contributed by atoms with E-state index in [0.29, 0.717) is 32.8 Å². The summed E-state index contributed by atoms with van der Waals surface area (Å²) in [5.41, 5.74) is 1.16. The van der Waals surface area contributed by atoms with Gasteiger partial charge in [0.2, 0.25) is 0 Å². The van der Waals surface area contributed by atoms with Crippen LogP contribution in [0, 0.1) is 0 Å². The van der Waals surface area contributed by atoms with Crippen molar-refractivity contribution in [1.82, 2.24) is 10.2 Å². The van der Waals surface area contributed by atoms with Gasteiger partial charge in [0.1, 0.15) is 12.4 Å². The lowest BCUT2D eigenvalue weighted by Crippen LogP contribution is -2.51. The number of para-hydroxylation sites is 1. The minimum Gasteiger partial charge on any atom is -0.491 e. The van der Waals surface area contributed by atoms with Crippen molar-refractivity contribution in [3.63, 3.8) is 0 Å². The van der Waals surface area contributed by atoms with Crippen LogP contribution < -0.4 is 10.1 Å². The average Bonchev–Trinajstić information content (AvgIpc) is 2.58. The Hall–Kier alpha value is -1.79. The maximum Gasteiger partial charge on any atom is 0.317 e. The number of nitrogens with zero attached hydrogens (tertiary/aromatic N) is 1. The molecular formula is C18H28N2O4. The number of amides is 2. The van der Waals surface area contributed by atoms with Crippen LogP contribution in [0.25, 0.3) is 0 Å². The molecule has 1 heterocycles. The quantitative estimate of drug-likeness (QED) is 0.804. The van der Waals surface area contributed by atoms with Gasteiger partial charge in [-0.25, -0.2) is 4.79 Å².